The molecule has 5 nitrogen and oxygen atoms in total. The molecule has 1 unspecified atom stereocenters. The van der Waals surface area contributed by atoms with Crippen LogP contribution in [0.5, 0.6) is 0 Å². The normalized spacial score (nSPS) is 12.4. The highest BCUT2D eigenvalue weighted by Crippen LogP contribution is 2.15. The maximum atomic E-state index is 12.2. The van der Waals surface area contributed by atoms with Crippen molar-refractivity contribution in [3.05, 3.63) is 39.4 Å². The van der Waals surface area contributed by atoms with Crippen LogP contribution in [0.15, 0.2) is 33.8 Å². The molecule has 1 heterocycles. The van der Waals surface area contributed by atoms with Gasteiger partial charge in [-0.25, -0.2) is 9.78 Å². The first kappa shape index (κ1) is 12.8. The lowest BCUT2D eigenvalue weighted by molar-refractivity contribution is -0.144. The molecule has 0 bridgehead atoms. The number of esters is 1. The van der Waals surface area contributed by atoms with E-state index in [1.54, 1.807) is 19.1 Å². The molecule has 0 saturated heterocycles. The minimum Gasteiger partial charge on any atom is -0.467 e. The van der Waals surface area contributed by atoms with E-state index in [0.717, 1.165) is 4.47 Å². The van der Waals surface area contributed by atoms with Crippen LogP contribution in [0.4, 0.5) is 0 Å². The number of carbonyl (C=O) groups is 1. The minimum atomic E-state index is -0.696. The van der Waals surface area contributed by atoms with Crippen molar-refractivity contribution in [3.63, 3.8) is 0 Å². The van der Waals surface area contributed by atoms with E-state index in [-0.39, 0.29) is 5.56 Å². The van der Waals surface area contributed by atoms with Crippen molar-refractivity contribution in [2.45, 2.75) is 13.0 Å². The molecule has 94 valence electrons. The van der Waals surface area contributed by atoms with E-state index in [0.29, 0.717) is 10.9 Å². The summed E-state index contributed by atoms with van der Waals surface area (Å²) in [5.41, 5.74) is 0.329. The van der Waals surface area contributed by atoms with E-state index < -0.39 is 12.0 Å². The van der Waals surface area contributed by atoms with Crippen LogP contribution in [-0.4, -0.2) is 22.6 Å². The highest BCUT2D eigenvalue weighted by Gasteiger charge is 2.17. The molecule has 1 aromatic heterocycles. The summed E-state index contributed by atoms with van der Waals surface area (Å²) in [7, 11) is 1.29. The first-order chi connectivity index (χ1) is 8.54. The maximum absolute atomic E-state index is 12.2. The van der Waals surface area contributed by atoms with Gasteiger partial charge in [-0.2, -0.15) is 0 Å². The Hall–Kier alpha value is -1.69. The summed E-state index contributed by atoms with van der Waals surface area (Å²) in [6.07, 6.45) is 1.36. The molecule has 18 heavy (non-hydrogen) atoms. The number of nitrogens with zero attached hydrogens (tertiary/aromatic N) is 2. The van der Waals surface area contributed by atoms with Gasteiger partial charge in [0.25, 0.3) is 5.56 Å². The minimum absolute atomic E-state index is 0.265. The lowest BCUT2D eigenvalue weighted by Crippen LogP contribution is -2.29. The second-order valence-corrected chi connectivity index (χ2v) is 4.73. The molecule has 2 rings (SSSR count). The highest BCUT2D eigenvalue weighted by atomic mass is 79.9. The van der Waals surface area contributed by atoms with Crippen LogP contribution in [0.2, 0.25) is 0 Å². The summed E-state index contributed by atoms with van der Waals surface area (Å²) in [4.78, 5) is 27.8. The Morgan fingerprint density at radius 2 is 2.22 bits per heavy atom. The zero-order valence-corrected chi connectivity index (χ0v) is 11.5. The van der Waals surface area contributed by atoms with Gasteiger partial charge in [-0.15, -0.1) is 0 Å². The van der Waals surface area contributed by atoms with Crippen LogP contribution in [0.25, 0.3) is 10.9 Å². The zero-order valence-electron chi connectivity index (χ0n) is 9.88. The predicted octanol–water partition coefficient (Wildman–Crippen LogP) is 1.89. The number of hydrogen-bond donors (Lipinski definition) is 0. The Bertz CT molecular complexity index is 666. The van der Waals surface area contributed by atoms with E-state index in [1.807, 2.05) is 6.07 Å². The molecule has 0 N–H and O–H groups in total. The number of hydrogen-bond acceptors (Lipinski definition) is 4. The molecule has 0 saturated carbocycles. The third-order valence-electron chi connectivity index (χ3n) is 2.70. The third-order valence-corrected chi connectivity index (χ3v) is 3.20. The molecule has 1 aromatic carbocycles. The summed E-state index contributed by atoms with van der Waals surface area (Å²) in [5.74, 6) is -0.478. The van der Waals surface area contributed by atoms with E-state index >= 15 is 0 Å². The molecule has 0 aliphatic carbocycles. The monoisotopic (exact) mass is 310 g/mol. The Morgan fingerprint density at radius 1 is 1.50 bits per heavy atom. The van der Waals surface area contributed by atoms with Gasteiger partial charge < -0.3 is 4.74 Å². The molecular formula is C12H11BrN2O3. The summed E-state index contributed by atoms with van der Waals surface area (Å²) in [6, 6.07) is 4.54. The van der Waals surface area contributed by atoms with E-state index in [1.165, 1.54) is 18.0 Å². The van der Waals surface area contributed by atoms with Crippen LogP contribution in [0.1, 0.15) is 13.0 Å². The topological polar surface area (TPSA) is 61.2 Å². The molecule has 0 fully saturated rings. The van der Waals surface area contributed by atoms with Gasteiger partial charge in [0.05, 0.1) is 24.3 Å². The number of halogens is 1. The number of benzene rings is 1. The average Bonchev–Trinajstić information content (AvgIpc) is 2.38. The smallest absolute Gasteiger partial charge is 0.328 e. The quantitative estimate of drug-likeness (QED) is 0.795. The zero-order chi connectivity index (χ0) is 13.3. The number of aromatic nitrogens is 2. The molecule has 0 radical (unpaired) electrons. The Morgan fingerprint density at radius 3 is 2.89 bits per heavy atom. The summed E-state index contributed by atoms with van der Waals surface area (Å²) < 4.78 is 6.68. The van der Waals surface area contributed by atoms with Crippen LogP contribution in [0, 0.1) is 0 Å². The molecule has 0 spiro atoms. The largest absolute Gasteiger partial charge is 0.467 e. The number of carbonyl (C=O) groups excluding carboxylic acids is 1. The lowest BCUT2D eigenvalue weighted by Gasteiger charge is -2.12. The summed E-state index contributed by atoms with van der Waals surface area (Å²) in [5, 5.41) is 0.461. The van der Waals surface area contributed by atoms with Gasteiger partial charge in [0.2, 0.25) is 0 Å². The number of ether oxygens (including phenoxy) is 1. The van der Waals surface area contributed by atoms with Crippen molar-refractivity contribution in [2.75, 3.05) is 7.11 Å². The fourth-order valence-electron chi connectivity index (χ4n) is 1.67. The fourth-order valence-corrected chi connectivity index (χ4v) is 2.03. The predicted molar refractivity (Wildman–Crippen MR) is 70.4 cm³/mol. The molecular weight excluding hydrogens is 300 g/mol. The maximum Gasteiger partial charge on any atom is 0.328 e. The third kappa shape index (κ3) is 2.15. The molecule has 2 aromatic rings. The van der Waals surface area contributed by atoms with Crippen LogP contribution in [0.3, 0.4) is 0 Å². The molecule has 0 aliphatic heterocycles. The van der Waals surface area contributed by atoms with E-state index in [2.05, 4.69) is 25.7 Å². The van der Waals surface area contributed by atoms with Crippen molar-refractivity contribution >= 4 is 32.8 Å². The first-order valence-electron chi connectivity index (χ1n) is 5.29. The van der Waals surface area contributed by atoms with Crippen molar-refractivity contribution < 1.29 is 9.53 Å². The highest BCUT2D eigenvalue weighted by molar-refractivity contribution is 9.10. The van der Waals surface area contributed by atoms with Crippen molar-refractivity contribution in [1.29, 1.82) is 0 Å². The van der Waals surface area contributed by atoms with Gasteiger partial charge in [0.15, 0.2) is 0 Å². The second-order valence-electron chi connectivity index (χ2n) is 3.82. The SMILES string of the molecule is COC(=O)C(C)n1cnc2ccc(Br)cc2c1=O. The van der Waals surface area contributed by atoms with Crippen molar-refractivity contribution in [2.24, 2.45) is 0 Å². The van der Waals surface area contributed by atoms with Crippen molar-refractivity contribution in [3.8, 4) is 0 Å². The number of fused-ring (bicyclic) bond motifs is 1. The Labute approximate surface area is 112 Å². The molecule has 6 heteroatoms. The first-order valence-corrected chi connectivity index (χ1v) is 6.08. The van der Waals surface area contributed by atoms with Gasteiger partial charge >= 0.3 is 5.97 Å². The van der Waals surface area contributed by atoms with E-state index in [4.69, 9.17) is 0 Å². The molecule has 0 amide bonds. The molecule has 1 atom stereocenters. The second kappa shape index (κ2) is 4.89. The summed E-state index contributed by atoms with van der Waals surface area (Å²) >= 11 is 3.30. The van der Waals surface area contributed by atoms with Gasteiger partial charge in [-0.05, 0) is 25.1 Å². The lowest BCUT2D eigenvalue weighted by atomic mass is 10.2. The van der Waals surface area contributed by atoms with Crippen LogP contribution >= 0.6 is 15.9 Å². The standard InChI is InChI=1S/C12H11BrN2O3/c1-7(12(17)18-2)15-6-14-10-4-3-8(13)5-9(10)11(15)16/h3-7H,1-2H3. The molecule has 0 aliphatic rings. The van der Waals surface area contributed by atoms with E-state index in [9.17, 15) is 9.59 Å². The number of rotatable bonds is 2. The van der Waals surface area contributed by atoms with Gasteiger partial charge in [0.1, 0.15) is 6.04 Å². The van der Waals surface area contributed by atoms with Crippen LogP contribution < -0.4 is 5.56 Å². The average molecular weight is 311 g/mol. The number of methoxy groups -OCH3 is 1. The van der Waals surface area contributed by atoms with Crippen LogP contribution in [-0.2, 0) is 9.53 Å². The van der Waals surface area contributed by atoms with Gasteiger partial charge in [-0.3, -0.25) is 9.36 Å². The Balaban J connectivity index is 2.64. The fraction of sp³-hybridized carbons (Fsp3) is 0.250. The summed E-state index contributed by atoms with van der Waals surface area (Å²) in [6.45, 7) is 1.60. The Kier molecular flexibility index (Phi) is 3.47. The van der Waals surface area contributed by atoms with Crippen molar-refractivity contribution in [1.82, 2.24) is 9.55 Å². The van der Waals surface area contributed by atoms with Gasteiger partial charge in [-0.1, -0.05) is 15.9 Å². The van der Waals surface area contributed by atoms with Gasteiger partial charge in [0, 0.05) is 4.47 Å².